The van der Waals surface area contributed by atoms with Gasteiger partial charge in [0.05, 0.1) is 17.3 Å². The molecule has 0 spiro atoms. The Bertz CT molecular complexity index is 722. The molecule has 5 nitrogen and oxygen atoms in total. The number of para-hydroxylation sites is 1. The van der Waals surface area contributed by atoms with Gasteiger partial charge in [0.25, 0.3) is 0 Å². The molecule has 0 radical (unpaired) electrons. The fourth-order valence-corrected chi connectivity index (χ4v) is 2.54. The summed E-state index contributed by atoms with van der Waals surface area (Å²) in [6.07, 6.45) is 0. The molecule has 1 N–H and O–H groups in total. The van der Waals surface area contributed by atoms with Gasteiger partial charge in [0.2, 0.25) is 0 Å². The fraction of sp³-hybridized carbons (Fsp3) is 0.316. The van der Waals surface area contributed by atoms with Gasteiger partial charge in [-0.25, -0.2) is 4.79 Å². The molecule has 0 saturated carbocycles. The number of benzene rings is 2. The standard InChI is InChI=1S/C19H23ClN2O3/c1-14-7-4-5-8-15(14)13-22(2)19(23)21-17-10-6-9-16(20)18(17)25-12-11-24-3/h4-10H,11-13H2,1-3H3,(H,21,23). The number of rotatable bonds is 7. The number of nitrogens with one attached hydrogen (secondary N) is 1. The molecule has 0 bridgehead atoms. The molecule has 0 saturated heterocycles. The lowest BCUT2D eigenvalue weighted by Crippen LogP contribution is -2.31. The summed E-state index contributed by atoms with van der Waals surface area (Å²) in [5.74, 6) is 0.443. The van der Waals surface area contributed by atoms with Crippen LogP contribution in [0.4, 0.5) is 10.5 Å². The minimum absolute atomic E-state index is 0.234. The van der Waals surface area contributed by atoms with Crippen molar-refractivity contribution in [2.75, 3.05) is 32.7 Å². The Morgan fingerprint density at radius 2 is 1.92 bits per heavy atom. The Kier molecular flexibility index (Phi) is 7.10. The molecule has 25 heavy (non-hydrogen) atoms. The van der Waals surface area contributed by atoms with E-state index in [-0.39, 0.29) is 6.03 Å². The van der Waals surface area contributed by atoms with E-state index < -0.39 is 0 Å². The van der Waals surface area contributed by atoms with Crippen LogP contribution in [-0.4, -0.2) is 38.3 Å². The monoisotopic (exact) mass is 362 g/mol. The Hall–Kier alpha value is -2.24. The number of carbonyl (C=O) groups is 1. The van der Waals surface area contributed by atoms with Crippen molar-refractivity contribution in [2.24, 2.45) is 0 Å². The van der Waals surface area contributed by atoms with Gasteiger partial charge in [0.15, 0.2) is 5.75 Å². The molecule has 0 fully saturated rings. The van der Waals surface area contributed by atoms with Crippen molar-refractivity contribution in [3.63, 3.8) is 0 Å². The Labute approximate surface area is 153 Å². The number of methoxy groups -OCH3 is 1. The van der Waals surface area contributed by atoms with E-state index in [4.69, 9.17) is 21.1 Å². The predicted octanol–water partition coefficient (Wildman–Crippen LogP) is 4.34. The van der Waals surface area contributed by atoms with Crippen molar-refractivity contribution in [3.05, 3.63) is 58.6 Å². The van der Waals surface area contributed by atoms with E-state index in [2.05, 4.69) is 5.32 Å². The molecular formula is C19H23ClN2O3. The molecule has 0 unspecified atom stereocenters. The molecule has 0 aliphatic rings. The Morgan fingerprint density at radius 1 is 1.16 bits per heavy atom. The van der Waals surface area contributed by atoms with E-state index in [9.17, 15) is 4.79 Å². The number of aryl methyl sites for hydroxylation is 1. The van der Waals surface area contributed by atoms with Crippen molar-refractivity contribution < 1.29 is 14.3 Å². The SMILES string of the molecule is COCCOc1c(Cl)cccc1NC(=O)N(C)Cc1ccccc1C. The lowest BCUT2D eigenvalue weighted by atomic mass is 10.1. The van der Waals surface area contributed by atoms with Crippen LogP contribution in [0.25, 0.3) is 0 Å². The van der Waals surface area contributed by atoms with Gasteiger partial charge < -0.3 is 19.7 Å². The van der Waals surface area contributed by atoms with Crippen molar-refractivity contribution in [2.45, 2.75) is 13.5 Å². The number of urea groups is 1. The van der Waals surface area contributed by atoms with Crippen LogP contribution in [0.1, 0.15) is 11.1 Å². The highest BCUT2D eigenvalue weighted by molar-refractivity contribution is 6.32. The van der Waals surface area contributed by atoms with Crippen LogP contribution >= 0.6 is 11.6 Å². The van der Waals surface area contributed by atoms with Gasteiger partial charge in [0, 0.05) is 20.7 Å². The Morgan fingerprint density at radius 3 is 2.64 bits per heavy atom. The minimum Gasteiger partial charge on any atom is -0.487 e. The summed E-state index contributed by atoms with van der Waals surface area (Å²) >= 11 is 6.19. The van der Waals surface area contributed by atoms with Gasteiger partial charge in [-0.3, -0.25) is 0 Å². The van der Waals surface area contributed by atoms with E-state index in [0.717, 1.165) is 11.1 Å². The topological polar surface area (TPSA) is 50.8 Å². The predicted molar refractivity (Wildman–Crippen MR) is 100 cm³/mol. The van der Waals surface area contributed by atoms with Crippen LogP contribution in [-0.2, 0) is 11.3 Å². The van der Waals surface area contributed by atoms with Crippen LogP contribution in [0.5, 0.6) is 5.75 Å². The maximum absolute atomic E-state index is 12.5. The first-order valence-corrected chi connectivity index (χ1v) is 8.37. The van der Waals surface area contributed by atoms with Crippen LogP contribution in [0.2, 0.25) is 5.02 Å². The van der Waals surface area contributed by atoms with Crippen molar-refractivity contribution in [3.8, 4) is 5.75 Å². The number of nitrogens with zero attached hydrogens (tertiary/aromatic N) is 1. The summed E-state index contributed by atoms with van der Waals surface area (Å²) in [5.41, 5.74) is 2.78. The molecule has 2 rings (SSSR count). The smallest absolute Gasteiger partial charge is 0.321 e. The maximum Gasteiger partial charge on any atom is 0.321 e. The van der Waals surface area contributed by atoms with Crippen molar-refractivity contribution in [1.29, 1.82) is 0 Å². The second-order valence-electron chi connectivity index (χ2n) is 5.67. The van der Waals surface area contributed by atoms with Crippen LogP contribution in [0, 0.1) is 6.92 Å². The molecule has 0 aliphatic heterocycles. The largest absolute Gasteiger partial charge is 0.487 e. The molecule has 2 amide bonds. The van der Waals surface area contributed by atoms with E-state index in [1.54, 1.807) is 37.3 Å². The average molecular weight is 363 g/mol. The summed E-state index contributed by atoms with van der Waals surface area (Å²) in [6.45, 7) is 3.33. The summed E-state index contributed by atoms with van der Waals surface area (Å²) in [6, 6.07) is 13.0. The van der Waals surface area contributed by atoms with Gasteiger partial charge in [-0.05, 0) is 30.2 Å². The Balaban J connectivity index is 2.06. The molecule has 2 aromatic rings. The zero-order valence-electron chi connectivity index (χ0n) is 14.7. The second kappa shape index (κ2) is 9.30. The molecule has 2 aromatic carbocycles. The first-order valence-electron chi connectivity index (χ1n) is 7.99. The van der Waals surface area contributed by atoms with Crippen LogP contribution in [0.15, 0.2) is 42.5 Å². The fourth-order valence-electron chi connectivity index (χ4n) is 2.31. The normalized spacial score (nSPS) is 10.4. The molecule has 0 atom stereocenters. The number of hydrogen-bond acceptors (Lipinski definition) is 3. The van der Waals surface area contributed by atoms with Crippen molar-refractivity contribution >= 4 is 23.3 Å². The highest BCUT2D eigenvalue weighted by Gasteiger charge is 2.15. The van der Waals surface area contributed by atoms with E-state index >= 15 is 0 Å². The zero-order chi connectivity index (χ0) is 18.2. The van der Waals surface area contributed by atoms with Gasteiger partial charge in [-0.2, -0.15) is 0 Å². The summed E-state index contributed by atoms with van der Waals surface area (Å²) in [5, 5.41) is 3.29. The van der Waals surface area contributed by atoms with E-state index in [1.165, 1.54) is 0 Å². The van der Waals surface area contributed by atoms with Gasteiger partial charge in [-0.15, -0.1) is 0 Å². The molecular weight excluding hydrogens is 340 g/mol. The lowest BCUT2D eigenvalue weighted by molar-refractivity contribution is 0.146. The average Bonchev–Trinajstić information content (AvgIpc) is 2.59. The van der Waals surface area contributed by atoms with E-state index in [1.807, 2.05) is 31.2 Å². The number of amides is 2. The molecule has 6 heteroatoms. The highest BCUT2D eigenvalue weighted by Crippen LogP contribution is 2.33. The van der Waals surface area contributed by atoms with Crippen LogP contribution < -0.4 is 10.1 Å². The number of carbonyl (C=O) groups excluding carboxylic acids is 1. The highest BCUT2D eigenvalue weighted by atomic mass is 35.5. The summed E-state index contributed by atoms with van der Waals surface area (Å²) < 4.78 is 10.6. The number of halogens is 1. The van der Waals surface area contributed by atoms with Gasteiger partial charge in [-0.1, -0.05) is 41.9 Å². The molecule has 0 aromatic heterocycles. The molecule has 0 heterocycles. The summed E-state index contributed by atoms with van der Waals surface area (Å²) in [4.78, 5) is 14.1. The third-order valence-corrected chi connectivity index (χ3v) is 4.06. The first-order chi connectivity index (χ1) is 12.0. The second-order valence-corrected chi connectivity index (χ2v) is 6.08. The molecule has 134 valence electrons. The minimum atomic E-state index is -0.234. The number of hydrogen-bond donors (Lipinski definition) is 1. The lowest BCUT2D eigenvalue weighted by Gasteiger charge is -2.20. The van der Waals surface area contributed by atoms with Crippen LogP contribution in [0.3, 0.4) is 0 Å². The van der Waals surface area contributed by atoms with E-state index in [0.29, 0.717) is 36.2 Å². The zero-order valence-corrected chi connectivity index (χ0v) is 15.5. The first kappa shape index (κ1) is 19.1. The molecule has 0 aliphatic carbocycles. The quantitative estimate of drug-likeness (QED) is 0.745. The van der Waals surface area contributed by atoms with Crippen molar-refractivity contribution in [1.82, 2.24) is 4.90 Å². The number of ether oxygens (including phenoxy) is 2. The third-order valence-electron chi connectivity index (χ3n) is 3.76. The number of anilines is 1. The van der Waals surface area contributed by atoms with Gasteiger partial charge in [0.1, 0.15) is 6.61 Å². The maximum atomic E-state index is 12.5. The summed E-state index contributed by atoms with van der Waals surface area (Å²) in [7, 11) is 3.34. The third kappa shape index (κ3) is 5.37. The van der Waals surface area contributed by atoms with Gasteiger partial charge >= 0.3 is 6.03 Å².